The Balaban J connectivity index is 2.34. The van der Waals surface area contributed by atoms with Crippen molar-refractivity contribution in [3.05, 3.63) is 41.1 Å². The first-order chi connectivity index (χ1) is 7.56. The molecule has 0 spiro atoms. The van der Waals surface area contributed by atoms with Gasteiger partial charge in [-0.05, 0) is 39.8 Å². The number of rotatable bonds is 2. The van der Waals surface area contributed by atoms with E-state index in [0.717, 1.165) is 28.7 Å². The highest BCUT2D eigenvalue weighted by molar-refractivity contribution is 5.37. The molecular formula is C12H16N4. The number of aryl methyl sites for hydroxylation is 4. The lowest BCUT2D eigenvalue weighted by Crippen LogP contribution is -2.14. The van der Waals surface area contributed by atoms with Crippen LogP contribution in [0.15, 0.2) is 18.2 Å². The number of hydrogen-bond acceptors (Lipinski definition) is 3. The summed E-state index contributed by atoms with van der Waals surface area (Å²) >= 11 is 0. The van der Waals surface area contributed by atoms with Crippen molar-refractivity contribution in [2.75, 3.05) is 5.43 Å². The molecule has 0 aromatic carbocycles. The fourth-order valence-electron chi connectivity index (χ4n) is 1.73. The van der Waals surface area contributed by atoms with Crippen LogP contribution in [0.5, 0.6) is 0 Å². The molecule has 2 heterocycles. The van der Waals surface area contributed by atoms with Gasteiger partial charge in [-0.1, -0.05) is 0 Å². The van der Waals surface area contributed by atoms with E-state index < -0.39 is 0 Å². The normalized spacial score (nSPS) is 10.5. The maximum Gasteiger partial charge on any atom is 0.148 e. The Morgan fingerprint density at radius 2 is 1.62 bits per heavy atom. The molecular weight excluding hydrogens is 200 g/mol. The summed E-state index contributed by atoms with van der Waals surface area (Å²) in [6.45, 7) is 7.98. The highest BCUT2D eigenvalue weighted by atomic mass is 15.4. The van der Waals surface area contributed by atoms with Gasteiger partial charge in [-0.25, -0.2) is 9.97 Å². The molecule has 0 unspecified atom stereocenters. The number of aromatic nitrogens is 3. The van der Waals surface area contributed by atoms with Gasteiger partial charge in [-0.15, -0.1) is 0 Å². The summed E-state index contributed by atoms with van der Waals surface area (Å²) in [6.07, 6.45) is 0. The standard InChI is InChI=1S/C12H16N4/c1-8-7-12(14-11(4)13-8)15-16-9(2)5-6-10(16)3/h5-7H,1-4H3,(H,13,14,15). The number of hydrogen-bond donors (Lipinski definition) is 1. The van der Waals surface area contributed by atoms with E-state index in [0.29, 0.717) is 0 Å². The average Bonchev–Trinajstić information content (AvgIpc) is 2.48. The van der Waals surface area contributed by atoms with Crippen LogP contribution in [0.3, 0.4) is 0 Å². The maximum absolute atomic E-state index is 4.35. The molecule has 4 heteroatoms. The van der Waals surface area contributed by atoms with Gasteiger partial charge in [0.15, 0.2) is 0 Å². The SMILES string of the molecule is Cc1cc(Nn2c(C)ccc2C)nc(C)n1. The molecule has 0 saturated heterocycles. The molecule has 0 saturated carbocycles. The largest absolute Gasteiger partial charge is 0.277 e. The Morgan fingerprint density at radius 1 is 1.00 bits per heavy atom. The molecule has 1 N–H and O–H groups in total. The lowest BCUT2D eigenvalue weighted by atomic mass is 10.4. The number of nitrogens with one attached hydrogen (secondary N) is 1. The van der Waals surface area contributed by atoms with Gasteiger partial charge in [-0.3, -0.25) is 10.1 Å². The first-order valence-corrected chi connectivity index (χ1v) is 5.30. The quantitative estimate of drug-likeness (QED) is 0.838. The summed E-state index contributed by atoms with van der Waals surface area (Å²) in [5.74, 6) is 1.61. The second-order valence-corrected chi connectivity index (χ2v) is 4.01. The first-order valence-electron chi connectivity index (χ1n) is 5.30. The highest BCUT2D eigenvalue weighted by Crippen LogP contribution is 2.10. The molecule has 0 radical (unpaired) electrons. The van der Waals surface area contributed by atoms with Crippen molar-refractivity contribution in [3.63, 3.8) is 0 Å². The predicted molar refractivity (Wildman–Crippen MR) is 64.4 cm³/mol. The van der Waals surface area contributed by atoms with E-state index in [1.807, 2.05) is 24.6 Å². The van der Waals surface area contributed by atoms with Gasteiger partial charge >= 0.3 is 0 Å². The zero-order chi connectivity index (χ0) is 11.7. The van der Waals surface area contributed by atoms with Gasteiger partial charge in [0.1, 0.15) is 11.6 Å². The smallest absolute Gasteiger partial charge is 0.148 e. The van der Waals surface area contributed by atoms with E-state index in [4.69, 9.17) is 0 Å². The van der Waals surface area contributed by atoms with Crippen LogP contribution in [0.4, 0.5) is 5.82 Å². The minimum Gasteiger partial charge on any atom is -0.277 e. The molecule has 0 aliphatic heterocycles. The van der Waals surface area contributed by atoms with E-state index >= 15 is 0 Å². The van der Waals surface area contributed by atoms with Crippen molar-refractivity contribution >= 4 is 5.82 Å². The van der Waals surface area contributed by atoms with Crippen LogP contribution < -0.4 is 5.43 Å². The maximum atomic E-state index is 4.35. The van der Waals surface area contributed by atoms with Gasteiger partial charge in [0.2, 0.25) is 0 Å². The summed E-state index contributed by atoms with van der Waals surface area (Å²) in [7, 11) is 0. The Morgan fingerprint density at radius 3 is 2.19 bits per heavy atom. The van der Waals surface area contributed by atoms with Crippen LogP contribution in [0, 0.1) is 27.7 Å². The van der Waals surface area contributed by atoms with Crippen molar-refractivity contribution in [2.24, 2.45) is 0 Å². The summed E-state index contributed by atoms with van der Waals surface area (Å²) < 4.78 is 2.02. The molecule has 84 valence electrons. The molecule has 2 aromatic heterocycles. The van der Waals surface area contributed by atoms with Crippen molar-refractivity contribution in [1.82, 2.24) is 14.6 Å². The van der Waals surface area contributed by atoms with Crippen molar-refractivity contribution in [3.8, 4) is 0 Å². The van der Waals surface area contributed by atoms with E-state index in [-0.39, 0.29) is 0 Å². The monoisotopic (exact) mass is 216 g/mol. The Kier molecular flexibility index (Phi) is 2.64. The van der Waals surface area contributed by atoms with Gasteiger partial charge in [0.25, 0.3) is 0 Å². The topological polar surface area (TPSA) is 42.7 Å². The first kappa shape index (κ1) is 10.7. The molecule has 2 aromatic rings. The zero-order valence-electron chi connectivity index (χ0n) is 10.1. The second-order valence-electron chi connectivity index (χ2n) is 4.01. The molecule has 0 aliphatic carbocycles. The van der Waals surface area contributed by atoms with E-state index in [9.17, 15) is 0 Å². The third kappa shape index (κ3) is 2.05. The molecule has 0 atom stereocenters. The number of anilines is 1. The lowest BCUT2D eigenvalue weighted by molar-refractivity contribution is 0.860. The van der Waals surface area contributed by atoms with E-state index in [1.54, 1.807) is 0 Å². The fourth-order valence-corrected chi connectivity index (χ4v) is 1.73. The lowest BCUT2D eigenvalue weighted by Gasteiger charge is -2.12. The average molecular weight is 216 g/mol. The zero-order valence-corrected chi connectivity index (χ0v) is 10.1. The minimum absolute atomic E-state index is 0.782. The fraction of sp³-hybridized carbons (Fsp3) is 0.333. The predicted octanol–water partition coefficient (Wildman–Crippen LogP) is 2.39. The molecule has 2 rings (SSSR count). The Hall–Kier alpha value is -1.84. The van der Waals surface area contributed by atoms with Crippen LogP contribution >= 0.6 is 0 Å². The second kappa shape index (κ2) is 3.96. The van der Waals surface area contributed by atoms with Crippen molar-refractivity contribution in [2.45, 2.75) is 27.7 Å². The summed E-state index contributed by atoms with van der Waals surface area (Å²) in [5.41, 5.74) is 6.55. The highest BCUT2D eigenvalue weighted by Gasteiger charge is 2.03. The van der Waals surface area contributed by atoms with Crippen LogP contribution in [0.1, 0.15) is 22.9 Å². The van der Waals surface area contributed by atoms with Gasteiger partial charge in [0.05, 0.1) is 0 Å². The molecule has 4 nitrogen and oxygen atoms in total. The van der Waals surface area contributed by atoms with Crippen molar-refractivity contribution < 1.29 is 0 Å². The minimum atomic E-state index is 0.782. The van der Waals surface area contributed by atoms with Crippen LogP contribution in [0.2, 0.25) is 0 Å². The van der Waals surface area contributed by atoms with Gasteiger partial charge in [-0.2, -0.15) is 0 Å². The molecule has 0 fully saturated rings. The Bertz CT molecular complexity index is 474. The van der Waals surface area contributed by atoms with Gasteiger partial charge in [0, 0.05) is 23.1 Å². The van der Waals surface area contributed by atoms with E-state index in [1.165, 1.54) is 0 Å². The number of nitrogens with zero attached hydrogens (tertiary/aromatic N) is 3. The molecule has 0 aliphatic rings. The van der Waals surface area contributed by atoms with E-state index in [2.05, 4.69) is 41.4 Å². The summed E-state index contributed by atoms with van der Waals surface area (Å²) in [5, 5.41) is 0. The van der Waals surface area contributed by atoms with Crippen LogP contribution in [0.25, 0.3) is 0 Å². The molecule has 0 bridgehead atoms. The van der Waals surface area contributed by atoms with Crippen LogP contribution in [-0.2, 0) is 0 Å². The third-order valence-electron chi connectivity index (χ3n) is 2.46. The molecule has 0 amide bonds. The Labute approximate surface area is 95.3 Å². The summed E-state index contributed by atoms with van der Waals surface area (Å²) in [4.78, 5) is 8.60. The summed E-state index contributed by atoms with van der Waals surface area (Å²) in [6, 6.07) is 6.08. The third-order valence-corrected chi connectivity index (χ3v) is 2.46. The molecule has 16 heavy (non-hydrogen) atoms. The van der Waals surface area contributed by atoms with Gasteiger partial charge < -0.3 is 0 Å². The van der Waals surface area contributed by atoms with Crippen molar-refractivity contribution in [1.29, 1.82) is 0 Å². The van der Waals surface area contributed by atoms with Crippen LogP contribution in [-0.4, -0.2) is 14.6 Å².